The highest BCUT2D eigenvalue weighted by molar-refractivity contribution is 5.97. The van der Waals surface area contributed by atoms with E-state index in [9.17, 15) is 9.59 Å². The van der Waals surface area contributed by atoms with Gasteiger partial charge in [0.05, 0.1) is 11.3 Å². The molecule has 0 spiro atoms. The molecule has 1 aliphatic carbocycles. The predicted molar refractivity (Wildman–Crippen MR) is 144 cm³/mol. The summed E-state index contributed by atoms with van der Waals surface area (Å²) in [5, 5.41) is 7.44. The minimum Gasteiger partial charge on any atom is -0.487 e. The van der Waals surface area contributed by atoms with Gasteiger partial charge in [-0.1, -0.05) is 66.7 Å². The van der Waals surface area contributed by atoms with Crippen molar-refractivity contribution in [2.75, 3.05) is 6.54 Å². The number of hydrogen-bond acceptors (Lipinski definition) is 5. The van der Waals surface area contributed by atoms with Gasteiger partial charge in [-0.25, -0.2) is 0 Å². The van der Waals surface area contributed by atoms with Crippen LogP contribution < -0.4 is 15.6 Å². The first-order valence-corrected chi connectivity index (χ1v) is 12.6. The minimum absolute atomic E-state index is 0.00253. The second-order valence-electron chi connectivity index (χ2n) is 9.73. The standard InChI is InChI=1S/C30H27N5O3/c1-20-9-5-7-13-24(20)30(15-16-30)19-31-28(37)23-12-6-8-14-25(23)38-18-22-17-26(36)35-29(32-22)33-27(34-35)21-10-3-2-4-11-21/h2-14,17H,15-16,18-19H2,1H3,(H,31,37)(H,32,33,34). The van der Waals surface area contributed by atoms with Crippen LogP contribution in [-0.2, 0) is 12.0 Å². The van der Waals surface area contributed by atoms with Crippen LogP contribution in [0.4, 0.5) is 0 Å². The number of para-hydroxylation sites is 1. The van der Waals surface area contributed by atoms with Crippen molar-refractivity contribution in [3.05, 3.63) is 118 Å². The second-order valence-corrected chi connectivity index (χ2v) is 9.73. The van der Waals surface area contributed by atoms with Gasteiger partial charge in [-0.3, -0.25) is 9.59 Å². The molecule has 0 aliphatic heterocycles. The van der Waals surface area contributed by atoms with E-state index in [4.69, 9.17) is 4.74 Å². The molecule has 0 atom stereocenters. The third kappa shape index (κ3) is 4.56. The normalized spacial score (nSPS) is 13.8. The number of aromatic nitrogens is 4. The van der Waals surface area contributed by atoms with Crippen molar-refractivity contribution < 1.29 is 9.53 Å². The van der Waals surface area contributed by atoms with E-state index >= 15 is 0 Å². The zero-order chi connectivity index (χ0) is 26.1. The lowest BCUT2D eigenvalue weighted by Gasteiger charge is -2.19. The number of H-pyrrole nitrogens is 1. The van der Waals surface area contributed by atoms with Gasteiger partial charge in [-0.2, -0.15) is 9.50 Å². The Bertz CT molecular complexity index is 1690. The number of ether oxygens (including phenoxy) is 1. The maximum atomic E-state index is 13.2. The third-order valence-corrected chi connectivity index (χ3v) is 7.09. The number of nitrogens with zero attached hydrogens (tertiary/aromatic N) is 3. The van der Waals surface area contributed by atoms with Gasteiger partial charge in [-0.05, 0) is 43.0 Å². The van der Waals surface area contributed by atoms with Crippen LogP contribution >= 0.6 is 0 Å². The lowest BCUT2D eigenvalue weighted by atomic mass is 9.92. The Morgan fingerprint density at radius 3 is 2.55 bits per heavy atom. The minimum atomic E-state index is -0.316. The molecule has 2 heterocycles. The molecule has 3 aromatic carbocycles. The van der Waals surface area contributed by atoms with Crippen molar-refractivity contribution in [1.82, 2.24) is 24.9 Å². The molecule has 38 heavy (non-hydrogen) atoms. The molecule has 6 rings (SSSR count). The topological polar surface area (TPSA) is 101 Å². The summed E-state index contributed by atoms with van der Waals surface area (Å²) < 4.78 is 7.23. The van der Waals surface area contributed by atoms with Crippen LogP contribution in [0.1, 0.15) is 40.0 Å². The smallest absolute Gasteiger partial charge is 0.276 e. The number of benzene rings is 3. The summed E-state index contributed by atoms with van der Waals surface area (Å²) in [6.45, 7) is 2.76. The number of nitrogens with one attached hydrogen (secondary N) is 2. The number of aromatic amines is 1. The molecular weight excluding hydrogens is 478 g/mol. The Kier molecular flexibility index (Phi) is 5.99. The van der Waals surface area contributed by atoms with E-state index in [0.717, 1.165) is 18.4 Å². The first kappa shape index (κ1) is 23.7. The Balaban J connectivity index is 1.17. The third-order valence-electron chi connectivity index (χ3n) is 7.09. The molecule has 2 aromatic heterocycles. The lowest BCUT2D eigenvalue weighted by molar-refractivity contribution is 0.0945. The largest absolute Gasteiger partial charge is 0.487 e. The maximum Gasteiger partial charge on any atom is 0.276 e. The highest BCUT2D eigenvalue weighted by Gasteiger charge is 2.45. The predicted octanol–water partition coefficient (Wildman–Crippen LogP) is 4.43. The van der Waals surface area contributed by atoms with E-state index in [1.54, 1.807) is 12.1 Å². The highest BCUT2D eigenvalue weighted by atomic mass is 16.5. The van der Waals surface area contributed by atoms with Crippen molar-refractivity contribution in [1.29, 1.82) is 0 Å². The number of amides is 1. The van der Waals surface area contributed by atoms with E-state index in [1.165, 1.54) is 21.7 Å². The van der Waals surface area contributed by atoms with Crippen molar-refractivity contribution in [3.63, 3.8) is 0 Å². The molecule has 190 valence electrons. The summed E-state index contributed by atoms with van der Waals surface area (Å²) in [5.74, 6) is 1.04. The average Bonchev–Trinajstić information content (AvgIpc) is 3.60. The van der Waals surface area contributed by atoms with Crippen LogP contribution in [0.2, 0.25) is 0 Å². The average molecular weight is 506 g/mol. The van der Waals surface area contributed by atoms with E-state index in [1.807, 2.05) is 48.5 Å². The second kappa shape index (κ2) is 9.63. The van der Waals surface area contributed by atoms with Crippen LogP contribution in [-0.4, -0.2) is 32.0 Å². The Hall–Kier alpha value is -4.72. The van der Waals surface area contributed by atoms with Gasteiger partial charge in [-0.15, -0.1) is 5.10 Å². The zero-order valence-electron chi connectivity index (χ0n) is 21.0. The van der Waals surface area contributed by atoms with Gasteiger partial charge in [0.15, 0.2) is 5.82 Å². The van der Waals surface area contributed by atoms with Gasteiger partial charge in [0.1, 0.15) is 12.4 Å². The Morgan fingerprint density at radius 1 is 1.03 bits per heavy atom. The van der Waals surface area contributed by atoms with Crippen LogP contribution in [0.3, 0.4) is 0 Å². The molecule has 1 saturated carbocycles. The Morgan fingerprint density at radius 2 is 1.76 bits per heavy atom. The SMILES string of the molecule is Cc1ccccc1C1(CNC(=O)c2ccccc2OCc2cc(=O)n3nc(-c4ccccc4)nc3[nH]2)CC1. The zero-order valence-corrected chi connectivity index (χ0v) is 21.0. The molecule has 0 bridgehead atoms. The van der Waals surface area contributed by atoms with E-state index in [2.05, 4.69) is 45.5 Å². The fourth-order valence-corrected chi connectivity index (χ4v) is 4.86. The summed E-state index contributed by atoms with van der Waals surface area (Å²) in [6.07, 6.45) is 2.11. The number of carbonyl (C=O) groups excluding carboxylic acids is 1. The number of aryl methyl sites for hydroxylation is 1. The molecule has 2 N–H and O–H groups in total. The molecular formula is C30H27N5O3. The van der Waals surface area contributed by atoms with Crippen molar-refractivity contribution in [3.8, 4) is 17.1 Å². The number of fused-ring (bicyclic) bond motifs is 1. The number of hydrogen-bond donors (Lipinski definition) is 2. The van der Waals surface area contributed by atoms with Gasteiger partial charge >= 0.3 is 0 Å². The quantitative estimate of drug-likeness (QED) is 0.325. The first-order valence-electron chi connectivity index (χ1n) is 12.6. The van der Waals surface area contributed by atoms with Crippen molar-refractivity contribution in [2.24, 2.45) is 0 Å². The van der Waals surface area contributed by atoms with Crippen molar-refractivity contribution in [2.45, 2.75) is 31.8 Å². The Labute approximate surface area is 219 Å². The summed E-state index contributed by atoms with van der Waals surface area (Å²) in [4.78, 5) is 33.4. The van der Waals surface area contributed by atoms with Crippen LogP contribution in [0, 0.1) is 6.92 Å². The molecule has 8 heteroatoms. The monoisotopic (exact) mass is 505 g/mol. The fraction of sp³-hybridized carbons (Fsp3) is 0.200. The van der Waals surface area contributed by atoms with Crippen LogP contribution in [0.5, 0.6) is 5.75 Å². The molecule has 0 saturated heterocycles. The van der Waals surface area contributed by atoms with Gasteiger partial charge < -0.3 is 15.0 Å². The van der Waals surface area contributed by atoms with Crippen LogP contribution in [0.25, 0.3) is 17.2 Å². The molecule has 0 unspecified atom stereocenters. The molecule has 1 amide bonds. The van der Waals surface area contributed by atoms with E-state index < -0.39 is 0 Å². The first-order chi connectivity index (χ1) is 18.5. The molecule has 5 aromatic rings. The van der Waals surface area contributed by atoms with E-state index in [-0.39, 0.29) is 23.5 Å². The van der Waals surface area contributed by atoms with E-state index in [0.29, 0.717) is 35.2 Å². The summed E-state index contributed by atoms with van der Waals surface area (Å²) >= 11 is 0. The van der Waals surface area contributed by atoms with Crippen LogP contribution in [0.15, 0.2) is 89.7 Å². The molecule has 1 aliphatic rings. The van der Waals surface area contributed by atoms with Gasteiger partial charge in [0.25, 0.3) is 11.5 Å². The fourth-order valence-electron chi connectivity index (χ4n) is 4.86. The van der Waals surface area contributed by atoms with Gasteiger partial charge in [0, 0.05) is 23.6 Å². The summed E-state index contributed by atoms with van der Waals surface area (Å²) in [6, 6.07) is 26.4. The summed E-state index contributed by atoms with van der Waals surface area (Å²) in [7, 11) is 0. The maximum absolute atomic E-state index is 13.2. The summed E-state index contributed by atoms with van der Waals surface area (Å²) in [5.41, 5.74) is 4.03. The lowest BCUT2D eigenvalue weighted by Crippen LogP contribution is -2.32. The van der Waals surface area contributed by atoms with Gasteiger partial charge in [0.2, 0.25) is 5.78 Å². The van der Waals surface area contributed by atoms with Crippen molar-refractivity contribution >= 4 is 11.7 Å². The molecule has 1 fully saturated rings. The molecule has 8 nitrogen and oxygen atoms in total. The number of carbonyl (C=O) groups is 1. The molecule has 0 radical (unpaired) electrons. The highest BCUT2D eigenvalue weighted by Crippen LogP contribution is 2.48. The number of rotatable bonds is 8.